The van der Waals surface area contributed by atoms with E-state index in [1.165, 1.54) is 17.5 Å². The number of amides is 1. The van der Waals surface area contributed by atoms with Gasteiger partial charge in [0.1, 0.15) is 0 Å². The molecule has 2 nitrogen and oxygen atoms in total. The highest BCUT2D eigenvalue weighted by atomic mass is 79.9. The first-order chi connectivity index (χ1) is 9.19. The Morgan fingerprint density at radius 1 is 1.37 bits per heavy atom. The minimum atomic E-state index is 0.311. The van der Waals surface area contributed by atoms with Crippen molar-refractivity contribution >= 4 is 21.8 Å². The zero-order valence-electron chi connectivity index (χ0n) is 11.6. The number of piperidine rings is 1. The van der Waals surface area contributed by atoms with E-state index >= 15 is 0 Å². The van der Waals surface area contributed by atoms with Gasteiger partial charge >= 0.3 is 0 Å². The summed E-state index contributed by atoms with van der Waals surface area (Å²) in [5.74, 6) is 0.947. The van der Waals surface area contributed by atoms with Crippen LogP contribution in [-0.2, 0) is 11.2 Å². The second-order valence-electron chi connectivity index (χ2n) is 5.49. The average Bonchev–Trinajstić information content (AvgIpc) is 2.46. The van der Waals surface area contributed by atoms with E-state index in [1.807, 2.05) is 4.90 Å². The maximum absolute atomic E-state index is 12.2. The van der Waals surface area contributed by atoms with E-state index in [-0.39, 0.29) is 0 Å². The minimum absolute atomic E-state index is 0.311. The van der Waals surface area contributed by atoms with Crippen molar-refractivity contribution in [2.75, 3.05) is 18.4 Å². The van der Waals surface area contributed by atoms with Crippen LogP contribution in [0.4, 0.5) is 0 Å². The van der Waals surface area contributed by atoms with Gasteiger partial charge in [0.15, 0.2) is 0 Å². The van der Waals surface area contributed by atoms with Gasteiger partial charge in [0.25, 0.3) is 0 Å². The summed E-state index contributed by atoms with van der Waals surface area (Å²) >= 11 is 3.53. The monoisotopic (exact) mass is 323 g/mol. The summed E-state index contributed by atoms with van der Waals surface area (Å²) in [5, 5.41) is 1.01. The summed E-state index contributed by atoms with van der Waals surface area (Å²) in [5.41, 5.74) is 2.53. The predicted octanol–water partition coefficient (Wildman–Crippen LogP) is 3.56. The Hall–Kier alpha value is -0.830. The molecule has 2 rings (SSSR count). The van der Waals surface area contributed by atoms with Crippen LogP contribution < -0.4 is 0 Å². The molecule has 1 saturated heterocycles. The van der Waals surface area contributed by atoms with Crippen molar-refractivity contribution in [2.24, 2.45) is 5.92 Å². The third-order valence-electron chi connectivity index (χ3n) is 3.84. The molecule has 1 fully saturated rings. The van der Waals surface area contributed by atoms with Gasteiger partial charge in [-0.2, -0.15) is 0 Å². The molecule has 0 aliphatic carbocycles. The standard InChI is InChI=1S/C16H22BrNO/c1-13-4-6-14(7-5-13)8-9-16(19)18-10-2-3-15(11-17)12-18/h4-7,15H,2-3,8-12H2,1H3. The topological polar surface area (TPSA) is 20.3 Å². The van der Waals surface area contributed by atoms with Crippen LogP contribution in [0.3, 0.4) is 0 Å². The fraction of sp³-hybridized carbons (Fsp3) is 0.562. The number of hydrogen-bond acceptors (Lipinski definition) is 1. The Balaban J connectivity index is 1.82. The lowest BCUT2D eigenvalue weighted by atomic mass is 9.99. The molecule has 1 aliphatic rings. The Kier molecular flexibility index (Phi) is 5.44. The van der Waals surface area contributed by atoms with Crippen LogP contribution in [0.25, 0.3) is 0 Å². The van der Waals surface area contributed by atoms with Gasteiger partial charge in [-0.15, -0.1) is 0 Å². The maximum atomic E-state index is 12.2. The second-order valence-corrected chi connectivity index (χ2v) is 6.14. The van der Waals surface area contributed by atoms with Crippen LogP contribution in [0.2, 0.25) is 0 Å². The SMILES string of the molecule is Cc1ccc(CCC(=O)N2CCCC(CBr)C2)cc1. The molecule has 104 valence electrons. The fourth-order valence-corrected chi connectivity index (χ4v) is 3.11. The number of alkyl halides is 1. The Bertz CT molecular complexity index is 415. The maximum Gasteiger partial charge on any atom is 0.222 e. The Morgan fingerprint density at radius 2 is 2.11 bits per heavy atom. The van der Waals surface area contributed by atoms with E-state index in [4.69, 9.17) is 0 Å². The first-order valence-corrected chi connectivity index (χ1v) is 8.20. The van der Waals surface area contributed by atoms with E-state index in [0.717, 1.165) is 31.3 Å². The number of hydrogen-bond donors (Lipinski definition) is 0. The molecule has 0 spiro atoms. The molecule has 1 aromatic rings. The Morgan fingerprint density at radius 3 is 2.79 bits per heavy atom. The quantitative estimate of drug-likeness (QED) is 0.776. The van der Waals surface area contributed by atoms with Gasteiger partial charge in [0.2, 0.25) is 5.91 Å². The molecule has 0 bridgehead atoms. The molecular formula is C16H22BrNO. The third-order valence-corrected chi connectivity index (χ3v) is 4.75. The highest BCUT2D eigenvalue weighted by Gasteiger charge is 2.22. The van der Waals surface area contributed by atoms with Gasteiger partial charge < -0.3 is 4.90 Å². The molecular weight excluding hydrogens is 302 g/mol. The summed E-state index contributed by atoms with van der Waals surface area (Å²) in [6.45, 7) is 3.96. The molecule has 0 saturated carbocycles. The van der Waals surface area contributed by atoms with E-state index in [1.54, 1.807) is 0 Å². The molecule has 1 amide bonds. The normalized spacial score (nSPS) is 19.5. The zero-order valence-corrected chi connectivity index (χ0v) is 13.2. The largest absolute Gasteiger partial charge is 0.342 e. The van der Waals surface area contributed by atoms with Crippen molar-refractivity contribution in [3.05, 3.63) is 35.4 Å². The summed E-state index contributed by atoms with van der Waals surface area (Å²) in [4.78, 5) is 14.3. The highest BCUT2D eigenvalue weighted by molar-refractivity contribution is 9.09. The van der Waals surface area contributed by atoms with E-state index in [2.05, 4.69) is 47.1 Å². The van der Waals surface area contributed by atoms with Gasteiger partial charge in [-0.25, -0.2) is 0 Å². The lowest BCUT2D eigenvalue weighted by Crippen LogP contribution is -2.40. The molecule has 19 heavy (non-hydrogen) atoms. The number of nitrogens with zero attached hydrogens (tertiary/aromatic N) is 1. The highest BCUT2D eigenvalue weighted by Crippen LogP contribution is 2.19. The molecule has 1 atom stereocenters. The van der Waals surface area contributed by atoms with Crippen LogP contribution in [0.15, 0.2) is 24.3 Å². The van der Waals surface area contributed by atoms with Crippen molar-refractivity contribution in [2.45, 2.75) is 32.6 Å². The summed E-state index contributed by atoms with van der Waals surface area (Å²) < 4.78 is 0. The third kappa shape index (κ3) is 4.34. The number of carbonyl (C=O) groups excluding carboxylic acids is 1. The molecule has 0 aromatic heterocycles. The van der Waals surface area contributed by atoms with Crippen LogP contribution in [0.5, 0.6) is 0 Å². The first kappa shape index (κ1) is 14.6. The van der Waals surface area contributed by atoms with Crippen LogP contribution in [0, 0.1) is 12.8 Å². The van der Waals surface area contributed by atoms with Crippen LogP contribution in [-0.4, -0.2) is 29.2 Å². The first-order valence-electron chi connectivity index (χ1n) is 7.08. The van der Waals surface area contributed by atoms with Gasteiger partial charge in [0.05, 0.1) is 0 Å². The Labute approximate surface area is 124 Å². The van der Waals surface area contributed by atoms with Crippen LogP contribution >= 0.6 is 15.9 Å². The van der Waals surface area contributed by atoms with Gasteiger partial charge in [-0.05, 0) is 37.7 Å². The smallest absolute Gasteiger partial charge is 0.222 e. The molecule has 1 heterocycles. The number of carbonyl (C=O) groups is 1. The molecule has 0 radical (unpaired) electrons. The van der Waals surface area contributed by atoms with Crippen molar-refractivity contribution < 1.29 is 4.79 Å². The molecule has 0 N–H and O–H groups in total. The van der Waals surface area contributed by atoms with Crippen molar-refractivity contribution in [1.29, 1.82) is 0 Å². The van der Waals surface area contributed by atoms with E-state index in [9.17, 15) is 4.79 Å². The van der Waals surface area contributed by atoms with Crippen molar-refractivity contribution in [3.63, 3.8) is 0 Å². The molecule has 1 unspecified atom stereocenters. The lowest BCUT2D eigenvalue weighted by molar-refractivity contribution is -0.132. The number of halogens is 1. The second kappa shape index (κ2) is 7.09. The molecule has 3 heteroatoms. The molecule has 1 aliphatic heterocycles. The number of aryl methyl sites for hydroxylation is 2. The average molecular weight is 324 g/mol. The van der Waals surface area contributed by atoms with Gasteiger partial charge in [-0.3, -0.25) is 4.79 Å². The number of likely N-dealkylation sites (tertiary alicyclic amines) is 1. The van der Waals surface area contributed by atoms with Crippen LogP contribution in [0.1, 0.15) is 30.4 Å². The lowest BCUT2D eigenvalue weighted by Gasteiger charge is -2.32. The van der Waals surface area contributed by atoms with E-state index < -0.39 is 0 Å². The van der Waals surface area contributed by atoms with Gasteiger partial charge in [-0.1, -0.05) is 45.8 Å². The fourth-order valence-electron chi connectivity index (χ4n) is 2.58. The van der Waals surface area contributed by atoms with Crippen molar-refractivity contribution in [1.82, 2.24) is 4.90 Å². The summed E-state index contributed by atoms with van der Waals surface area (Å²) in [7, 11) is 0. The zero-order chi connectivity index (χ0) is 13.7. The van der Waals surface area contributed by atoms with E-state index in [0.29, 0.717) is 18.2 Å². The number of benzene rings is 1. The minimum Gasteiger partial charge on any atom is -0.342 e. The predicted molar refractivity (Wildman–Crippen MR) is 82.6 cm³/mol. The van der Waals surface area contributed by atoms with Gasteiger partial charge in [0, 0.05) is 24.8 Å². The van der Waals surface area contributed by atoms with Crippen molar-refractivity contribution in [3.8, 4) is 0 Å². The molecule has 1 aromatic carbocycles. The number of rotatable bonds is 4. The summed E-state index contributed by atoms with van der Waals surface area (Å²) in [6.07, 6.45) is 3.88. The summed E-state index contributed by atoms with van der Waals surface area (Å²) in [6, 6.07) is 8.48.